The van der Waals surface area contributed by atoms with Crippen molar-refractivity contribution in [3.8, 4) is 6.07 Å². The minimum atomic E-state index is -0.00648. The van der Waals surface area contributed by atoms with E-state index in [4.69, 9.17) is 5.26 Å². The largest absolute Gasteiger partial charge is 0.265 e. The maximum Gasteiger partial charge on any atom is 0.0736 e. The number of nitriles is 1. The summed E-state index contributed by atoms with van der Waals surface area (Å²) in [6, 6.07) is 6.08. The van der Waals surface area contributed by atoms with E-state index in [1.165, 1.54) is 0 Å². The molecule has 0 bridgehead atoms. The van der Waals surface area contributed by atoms with E-state index in [9.17, 15) is 0 Å². The van der Waals surface area contributed by atoms with Crippen LogP contribution in [0.5, 0.6) is 0 Å². The molecule has 12 heavy (non-hydrogen) atoms. The molecule has 0 aliphatic rings. The van der Waals surface area contributed by atoms with Gasteiger partial charge in [0.2, 0.25) is 0 Å². The summed E-state index contributed by atoms with van der Waals surface area (Å²) in [5.74, 6) is 0.352. The van der Waals surface area contributed by atoms with Crippen LogP contribution >= 0.6 is 0 Å². The van der Waals surface area contributed by atoms with Gasteiger partial charge in [-0.15, -0.1) is 0 Å². The Morgan fingerprint density at radius 1 is 1.33 bits per heavy atom. The highest BCUT2D eigenvalue weighted by Crippen LogP contribution is 2.22. The van der Waals surface area contributed by atoms with Gasteiger partial charge in [-0.1, -0.05) is 13.8 Å². The SMILES string of the molecule is CC(C)C(C#N)c1ccncc1. The van der Waals surface area contributed by atoms with Gasteiger partial charge in [0.15, 0.2) is 0 Å². The third-order valence-corrected chi connectivity index (χ3v) is 1.87. The van der Waals surface area contributed by atoms with Gasteiger partial charge >= 0.3 is 0 Å². The van der Waals surface area contributed by atoms with Gasteiger partial charge < -0.3 is 0 Å². The fourth-order valence-corrected chi connectivity index (χ4v) is 1.18. The molecular weight excluding hydrogens is 148 g/mol. The smallest absolute Gasteiger partial charge is 0.0736 e. The van der Waals surface area contributed by atoms with Crippen molar-refractivity contribution >= 4 is 0 Å². The van der Waals surface area contributed by atoms with Crippen LogP contribution < -0.4 is 0 Å². The van der Waals surface area contributed by atoms with E-state index in [0.29, 0.717) is 5.92 Å². The monoisotopic (exact) mass is 160 g/mol. The molecule has 1 unspecified atom stereocenters. The Hall–Kier alpha value is -1.36. The van der Waals surface area contributed by atoms with Crippen LogP contribution in [0.4, 0.5) is 0 Å². The Balaban J connectivity index is 2.90. The van der Waals surface area contributed by atoms with Crippen LogP contribution in [0.1, 0.15) is 25.3 Å². The van der Waals surface area contributed by atoms with E-state index in [0.717, 1.165) is 5.56 Å². The molecule has 0 fully saturated rings. The molecule has 0 N–H and O–H groups in total. The molecule has 1 atom stereocenters. The van der Waals surface area contributed by atoms with Crippen LogP contribution in [-0.4, -0.2) is 4.98 Å². The predicted molar refractivity (Wildman–Crippen MR) is 47.4 cm³/mol. The Bertz CT molecular complexity index is 272. The lowest BCUT2D eigenvalue weighted by Crippen LogP contribution is -2.03. The molecule has 0 aliphatic heterocycles. The van der Waals surface area contributed by atoms with E-state index >= 15 is 0 Å². The summed E-state index contributed by atoms with van der Waals surface area (Å²) in [6.45, 7) is 4.10. The molecule has 0 spiro atoms. The van der Waals surface area contributed by atoms with Crippen LogP contribution in [0.2, 0.25) is 0 Å². The zero-order valence-corrected chi connectivity index (χ0v) is 7.36. The summed E-state index contributed by atoms with van der Waals surface area (Å²) in [6.07, 6.45) is 3.45. The number of hydrogen-bond donors (Lipinski definition) is 0. The van der Waals surface area contributed by atoms with E-state index < -0.39 is 0 Å². The highest BCUT2D eigenvalue weighted by Gasteiger charge is 2.13. The summed E-state index contributed by atoms with van der Waals surface area (Å²) >= 11 is 0. The Morgan fingerprint density at radius 3 is 2.33 bits per heavy atom. The molecule has 0 radical (unpaired) electrons. The minimum Gasteiger partial charge on any atom is -0.265 e. The van der Waals surface area contributed by atoms with Crippen molar-refractivity contribution in [3.05, 3.63) is 30.1 Å². The molecule has 1 heterocycles. The van der Waals surface area contributed by atoms with Crippen molar-refractivity contribution in [1.29, 1.82) is 5.26 Å². The standard InChI is InChI=1S/C10H12N2/c1-8(2)10(7-11)9-3-5-12-6-4-9/h3-6,8,10H,1-2H3. The lowest BCUT2D eigenvalue weighted by Gasteiger charge is -2.11. The van der Waals surface area contributed by atoms with Gasteiger partial charge in [-0.25, -0.2) is 0 Å². The summed E-state index contributed by atoms with van der Waals surface area (Å²) in [4.78, 5) is 3.91. The quantitative estimate of drug-likeness (QED) is 0.665. The van der Waals surface area contributed by atoms with E-state index in [2.05, 4.69) is 11.1 Å². The molecular formula is C10H12N2. The number of pyridine rings is 1. The zero-order valence-electron chi connectivity index (χ0n) is 7.36. The van der Waals surface area contributed by atoms with Gasteiger partial charge in [0.05, 0.1) is 12.0 Å². The summed E-state index contributed by atoms with van der Waals surface area (Å²) in [5, 5.41) is 8.88. The van der Waals surface area contributed by atoms with E-state index in [1.54, 1.807) is 12.4 Å². The van der Waals surface area contributed by atoms with Crippen molar-refractivity contribution in [2.75, 3.05) is 0 Å². The first-order valence-corrected chi connectivity index (χ1v) is 4.05. The lowest BCUT2D eigenvalue weighted by atomic mass is 9.91. The van der Waals surface area contributed by atoms with Crippen molar-refractivity contribution in [2.24, 2.45) is 5.92 Å². The minimum absolute atomic E-state index is 0.00648. The zero-order chi connectivity index (χ0) is 8.97. The van der Waals surface area contributed by atoms with E-state index in [-0.39, 0.29) is 5.92 Å². The molecule has 0 saturated heterocycles. The molecule has 0 aliphatic carbocycles. The normalized spacial score (nSPS) is 12.5. The van der Waals surface area contributed by atoms with Crippen molar-refractivity contribution < 1.29 is 0 Å². The number of nitrogens with zero attached hydrogens (tertiary/aromatic N) is 2. The molecule has 0 saturated carbocycles. The summed E-state index contributed by atoms with van der Waals surface area (Å²) in [5.41, 5.74) is 1.06. The fourth-order valence-electron chi connectivity index (χ4n) is 1.18. The molecule has 1 aromatic rings. The highest BCUT2D eigenvalue weighted by molar-refractivity contribution is 5.22. The number of hydrogen-bond acceptors (Lipinski definition) is 2. The molecule has 2 heteroatoms. The van der Waals surface area contributed by atoms with Crippen LogP contribution in [-0.2, 0) is 0 Å². The number of rotatable bonds is 2. The second-order valence-corrected chi connectivity index (χ2v) is 3.13. The molecule has 1 aromatic heterocycles. The second-order valence-electron chi connectivity index (χ2n) is 3.13. The van der Waals surface area contributed by atoms with Crippen molar-refractivity contribution in [1.82, 2.24) is 4.98 Å². The first-order chi connectivity index (χ1) is 5.75. The Labute approximate surface area is 72.9 Å². The summed E-state index contributed by atoms with van der Waals surface area (Å²) < 4.78 is 0. The Morgan fingerprint density at radius 2 is 1.92 bits per heavy atom. The molecule has 1 rings (SSSR count). The molecule has 2 nitrogen and oxygen atoms in total. The maximum absolute atomic E-state index is 8.88. The molecule has 0 aromatic carbocycles. The van der Waals surface area contributed by atoms with Crippen LogP contribution in [0.25, 0.3) is 0 Å². The average molecular weight is 160 g/mol. The van der Waals surface area contributed by atoms with Crippen LogP contribution in [0.3, 0.4) is 0 Å². The maximum atomic E-state index is 8.88. The van der Waals surface area contributed by atoms with Gasteiger partial charge in [0.1, 0.15) is 0 Å². The van der Waals surface area contributed by atoms with Crippen molar-refractivity contribution in [3.63, 3.8) is 0 Å². The molecule has 62 valence electrons. The van der Waals surface area contributed by atoms with Crippen LogP contribution in [0.15, 0.2) is 24.5 Å². The third kappa shape index (κ3) is 1.82. The Kier molecular flexibility index (Phi) is 2.82. The first kappa shape index (κ1) is 8.73. The van der Waals surface area contributed by atoms with Gasteiger partial charge in [0, 0.05) is 12.4 Å². The third-order valence-electron chi connectivity index (χ3n) is 1.87. The topological polar surface area (TPSA) is 36.7 Å². The molecule has 0 amide bonds. The van der Waals surface area contributed by atoms with Gasteiger partial charge in [-0.05, 0) is 23.6 Å². The van der Waals surface area contributed by atoms with E-state index in [1.807, 2.05) is 26.0 Å². The average Bonchev–Trinajstić information content (AvgIpc) is 2.07. The van der Waals surface area contributed by atoms with Crippen molar-refractivity contribution in [2.45, 2.75) is 19.8 Å². The predicted octanol–water partition coefficient (Wildman–Crippen LogP) is 2.34. The van der Waals surface area contributed by atoms with Gasteiger partial charge in [0.25, 0.3) is 0 Å². The number of aromatic nitrogens is 1. The van der Waals surface area contributed by atoms with Crippen LogP contribution in [0, 0.1) is 17.2 Å². The van der Waals surface area contributed by atoms with Gasteiger partial charge in [-0.2, -0.15) is 5.26 Å². The highest BCUT2D eigenvalue weighted by atomic mass is 14.6. The fraction of sp³-hybridized carbons (Fsp3) is 0.400. The second kappa shape index (κ2) is 3.87. The lowest BCUT2D eigenvalue weighted by molar-refractivity contribution is 0.587. The van der Waals surface area contributed by atoms with Gasteiger partial charge in [-0.3, -0.25) is 4.98 Å². The first-order valence-electron chi connectivity index (χ1n) is 4.05. The summed E-state index contributed by atoms with van der Waals surface area (Å²) in [7, 11) is 0.